The average Bonchev–Trinajstić information content (AvgIpc) is 2.25. The fourth-order valence-electron chi connectivity index (χ4n) is 1.61. The number of nitrogens with two attached hydrogens (primary N) is 1. The van der Waals surface area contributed by atoms with Crippen molar-refractivity contribution in [1.82, 2.24) is 0 Å². The molecule has 16 heavy (non-hydrogen) atoms. The Morgan fingerprint density at radius 1 is 1.38 bits per heavy atom. The van der Waals surface area contributed by atoms with Gasteiger partial charge in [0.2, 0.25) is 0 Å². The van der Waals surface area contributed by atoms with E-state index < -0.39 is 0 Å². The lowest BCUT2D eigenvalue weighted by Crippen LogP contribution is -2.24. The molecule has 1 rings (SSSR count). The Kier molecular flexibility index (Phi) is 4.35. The summed E-state index contributed by atoms with van der Waals surface area (Å²) in [7, 11) is 2.05. The Morgan fingerprint density at radius 3 is 2.56 bits per heavy atom. The Labute approximate surface area is 97.8 Å². The maximum atomic E-state index is 7.54. The molecule has 3 N–H and O–H groups in total. The molecule has 0 bridgehead atoms. The van der Waals surface area contributed by atoms with Gasteiger partial charge in [0.05, 0.1) is 0 Å². The molecule has 0 aromatic heterocycles. The monoisotopic (exact) mass is 219 g/mol. The van der Waals surface area contributed by atoms with Gasteiger partial charge in [-0.25, -0.2) is 0 Å². The molecule has 0 atom stereocenters. The van der Waals surface area contributed by atoms with Crippen LogP contribution in [0.5, 0.6) is 0 Å². The van der Waals surface area contributed by atoms with Gasteiger partial charge >= 0.3 is 0 Å². The Hall–Kier alpha value is -1.51. The molecule has 0 aliphatic rings. The van der Waals surface area contributed by atoms with Crippen molar-refractivity contribution in [3.63, 3.8) is 0 Å². The van der Waals surface area contributed by atoms with Gasteiger partial charge in [-0.2, -0.15) is 0 Å². The first-order valence-corrected chi connectivity index (χ1v) is 5.67. The summed E-state index contributed by atoms with van der Waals surface area (Å²) < 4.78 is 0. The third-order valence-corrected chi connectivity index (χ3v) is 2.65. The third kappa shape index (κ3) is 3.26. The molecule has 1 aromatic rings. The lowest BCUT2D eigenvalue weighted by molar-refractivity contribution is 0.585. The summed E-state index contributed by atoms with van der Waals surface area (Å²) in [6.07, 6.45) is 1.14. The summed E-state index contributed by atoms with van der Waals surface area (Å²) >= 11 is 0. The lowest BCUT2D eigenvalue weighted by Gasteiger charge is -2.22. The molecule has 3 nitrogen and oxygen atoms in total. The quantitative estimate of drug-likeness (QED) is 0.590. The van der Waals surface area contributed by atoms with E-state index in [0.29, 0.717) is 5.92 Å². The van der Waals surface area contributed by atoms with Crippen LogP contribution in [0.15, 0.2) is 24.3 Å². The van der Waals surface area contributed by atoms with Gasteiger partial charge in [0, 0.05) is 24.8 Å². The standard InChI is InChI=1S/C13H21N3/c1-10(2)8-9-16(3)12-7-5-4-6-11(12)13(14)15/h4-7,10H,8-9H2,1-3H3,(H3,14,15). The van der Waals surface area contributed by atoms with Crippen molar-refractivity contribution < 1.29 is 0 Å². The second-order valence-corrected chi connectivity index (χ2v) is 4.53. The minimum absolute atomic E-state index is 0.131. The number of amidine groups is 1. The lowest BCUT2D eigenvalue weighted by atomic mass is 10.1. The molecule has 0 saturated heterocycles. The number of hydrogen-bond donors (Lipinski definition) is 2. The number of nitrogens with zero attached hydrogens (tertiary/aromatic N) is 1. The number of hydrogen-bond acceptors (Lipinski definition) is 2. The van der Waals surface area contributed by atoms with E-state index in [1.54, 1.807) is 0 Å². The Balaban J connectivity index is 2.82. The molecule has 0 fully saturated rings. The zero-order chi connectivity index (χ0) is 12.1. The SMILES string of the molecule is CC(C)CCN(C)c1ccccc1C(=N)N. The minimum atomic E-state index is 0.131. The molecule has 0 aliphatic carbocycles. The first-order chi connectivity index (χ1) is 7.52. The summed E-state index contributed by atoms with van der Waals surface area (Å²) in [6.45, 7) is 5.41. The fraction of sp³-hybridized carbons (Fsp3) is 0.462. The number of nitrogens with one attached hydrogen (secondary N) is 1. The zero-order valence-electron chi connectivity index (χ0n) is 10.3. The van der Waals surface area contributed by atoms with E-state index in [9.17, 15) is 0 Å². The van der Waals surface area contributed by atoms with Crippen molar-refractivity contribution >= 4 is 11.5 Å². The van der Waals surface area contributed by atoms with E-state index in [1.807, 2.05) is 31.3 Å². The molecule has 0 amide bonds. The van der Waals surface area contributed by atoms with Gasteiger partial charge in [-0.1, -0.05) is 26.0 Å². The maximum absolute atomic E-state index is 7.54. The van der Waals surface area contributed by atoms with Crippen LogP contribution in [-0.2, 0) is 0 Å². The summed E-state index contributed by atoms with van der Waals surface area (Å²) in [6, 6.07) is 7.80. The van der Waals surface area contributed by atoms with Gasteiger partial charge in [0.25, 0.3) is 0 Å². The summed E-state index contributed by atoms with van der Waals surface area (Å²) in [5.74, 6) is 0.818. The van der Waals surface area contributed by atoms with Crippen LogP contribution in [-0.4, -0.2) is 19.4 Å². The van der Waals surface area contributed by atoms with E-state index in [4.69, 9.17) is 11.1 Å². The van der Waals surface area contributed by atoms with E-state index in [2.05, 4.69) is 18.7 Å². The molecule has 3 heteroatoms. The van der Waals surface area contributed by atoms with Crippen LogP contribution in [0.4, 0.5) is 5.69 Å². The Morgan fingerprint density at radius 2 is 2.00 bits per heavy atom. The van der Waals surface area contributed by atoms with Crippen LogP contribution in [0, 0.1) is 11.3 Å². The van der Waals surface area contributed by atoms with Crippen LogP contribution >= 0.6 is 0 Å². The fourth-order valence-corrected chi connectivity index (χ4v) is 1.61. The second-order valence-electron chi connectivity index (χ2n) is 4.53. The summed E-state index contributed by atoms with van der Waals surface area (Å²) in [5.41, 5.74) is 7.42. The van der Waals surface area contributed by atoms with Gasteiger partial charge in [0.15, 0.2) is 0 Å². The molecule has 0 saturated carbocycles. The van der Waals surface area contributed by atoms with E-state index in [1.165, 1.54) is 0 Å². The molecular formula is C13H21N3. The van der Waals surface area contributed by atoms with Crippen molar-refractivity contribution in [3.05, 3.63) is 29.8 Å². The van der Waals surface area contributed by atoms with Crippen molar-refractivity contribution in [1.29, 1.82) is 5.41 Å². The normalized spacial score (nSPS) is 10.5. The van der Waals surface area contributed by atoms with Crippen LogP contribution in [0.25, 0.3) is 0 Å². The van der Waals surface area contributed by atoms with Crippen LogP contribution in [0.1, 0.15) is 25.8 Å². The highest BCUT2D eigenvalue weighted by atomic mass is 15.1. The highest BCUT2D eigenvalue weighted by Crippen LogP contribution is 2.19. The highest BCUT2D eigenvalue weighted by molar-refractivity contribution is 6.00. The van der Waals surface area contributed by atoms with Crippen molar-refractivity contribution in [2.24, 2.45) is 11.7 Å². The minimum Gasteiger partial charge on any atom is -0.384 e. The maximum Gasteiger partial charge on any atom is 0.124 e. The zero-order valence-corrected chi connectivity index (χ0v) is 10.3. The average molecular weight is 219 g/mol. The molecule has 0 spiro atoms. The van der Waals surface area contributed by atoms with Gasteiger partial charge in [-0.3, -0.25) is 5.41 Å². The topological polar surface area (TPSA) is 53.1 Å². The van der Waals surface area contributed by atoms with E-state index in [0.717, 1.165) is 24.2 Å². The molecule has 88 valence electrons. The highest BCUT2D eigenvalue weighted by Gasteiger charge is 2.08. The smallest absolute Gasteiger partial charge is 0.124 e. The molecule has 0 heterocycles. The first-order valence-electron chi connectivity index (χ1n) is 5.67. The number of para-hydroxylation sites is 1. The van der Waals surface area contributed by atoms with Gasteiger partial charge in [0.1, 0.15) is 5.84 Å². The van der Waals surface area contributed by atoms with Crippen molar-refractivity contribution in [3.8, 4) is 0 Å². The largest absolute Gasteiger partial charge is 0.384 e. The molecule has 0 aliphatic heterocycles. The summed E-state index contributed by atoms with van der Waals surface area (Å²) in [5, 5.41) is 7.54. The molecular weight excluding hydrogens is 198 g/mol. The van der Waals surface area contributed by atoms with E-state index in [-0.39, 0.29) is 5.84 Å². The molecule has 0 radical (unpaired) electrons. The number of benzene rings is 1. The second kappa shape index (κ2) is 5.54. The van der Waals surface area contributed by atoms with Crippen molar-refractivity contribution in [2.45, 2.75) is 20.3 Å². The first kappa shape index (κ1) is 12.6. The number of rotatable bonds is 5. The number of anilines is 1. The predicted molar refractivity (Wildman–Crippen MR) is 70.2 cm³/mol. The van der Waals surface area contributed by atoms with Gasteiger partial charge in [-0.15, -0.1) is 0 Å². The predicted octanol–water partition coefficient (Wildman–Crippen LogP) is 2.45. The third-order valence-electron chi connectivity index (χ3n) is 2.65. The van der Waals surface area contributed by atoms with E-state index >= 15 is 0 Å². The number of nitrogen functional groups attached to an aromatic ring is 1. The molecule has 0 unspecified atom stereocenters. The van der Waals surface area contributed by atoms with Crippen molar-refractivity contribution in [2.75, 3.05) is 18.5 Å². The summed E-state index contributed by atoms with van der Waals surface area (Å²) in [4.78, 5) is 2.16. The van der Waals surface area contributed by atoms with Crippen LogP contribution in [0.3, 0.4) is 0 Å². The van der Waals surface area contributed by atoms with Gasteiger partial charge in [-0.05, 0) is 24.5 Å². The Bertz CT molecular complexity index is 358. The van der Waals surface area contributed by atoms with Crippen LogP contribution in [0.2, 0.25) is 0 Å². The van der Waals surface area contributed by atoms with Gasteiger partial charge < -0.3 is 10.6 Å². The molecule has 1 aromatic carbocycles. The van der Waals surface area contributed by atoms with Crippen LogP contribution < -0.4 is 10.6 Å².